The molecular formula is C30H27F3N6. The van der Waals surface area contributed by atoms with Crippen LogP contribution in [-0.4, -0.2) is 32.8 Å². The van der Waals surface area contributed by atoms with Gasteiger partial charge in [-0.3, -0.25) is 0 Å². The number of fused-ring (bicyclic) bond motifs is 1. The lowest BCUT2D eigenvalue weighted by Crippen LogP contribution is -2.35. The van der Waals surface area contributed by atoms with E-state index in [2.05, 4.69) is 34.3 Å². The molecule has 1 fully saturated rings. The third-order valence-corrected chi connectivity index (χ3v) is 7.31. The molecule has 0 saturated carbocycles. The number of rotatable bonds is 5. The van der Waals surface area contributed by atoms with Gasteiger partial charge in [0.25, 0.3) is 0 Å². The second-order valence-corrected chi connectivity index (χ2v) is 9.90. The van der Waals surface area contributed by atoms with E-state index >= 15 is 0 Å². The number of anilines is 2. The Morgan fingerprint density at radius 1 is 0.821 bits per heavy atom. The van der Waals surface area contributed by atoms with Crippen molar-refractivity contribution in [3.8, 4) is 16.9 Å². The highest BCUT2D eigenvalue weighted by Crippen LogP contribution is 2.35. The fraction of sp³-hybridized carbons (Fsp3) is 0.233. The minimum Gasteiger partial charge on any atom is -0.383 e. The van der Waals surface area contributed by atoms with Crippen LogP contribution in [0.4, 0.5) is 24.9 Å². The maximum absolute atomic E-state index is 13.1. The molecule has 0 amide bonds. The van der Waals surface area contributed by atoms with Crippen LogP contribution in [-0.2, 0) is 12.6 Å². The maximum atomic E-state index is 13.1. The highest BCUT2D eigenvalue weighted by Gasteiger charge is 2.30. The van der Waals surface area contributed by atoms with Crippen molar-refractivity contribution in [2.45, 2.75) is 25.4 Å². The largest absolute Gasteiger partial charge is 0.416 e. The van der Waals surface area contributed by atoms with E-state index in [0.717, 1.165) is 50.0 Å². The first kappa shape index (κ1) is 24.9. The molecule has 1 aliphatic rings. The molecule has 0 aliphatic carbocycles. The summed E-state index contributed by atoms with van der Waals surface area (Å²) in [6.45, 7) is 1.65. The zero-order chi connectivity index (χ0) is 27.0. The fourth-order valence-corrected chi connectivity index (χ4v) is 5.22. The van der Waals surface area contributed by atoms with Crippen molar-refractivity contribution in [3.63, 3.8) is 0 Å². The number of piperidine rings is 1. The second-order valence-electron chi connectivity index (χ2n) is 9.90. The van der Waals surface area contributed by atoms with Gasteiger partial charge in [0.1, 0.15) is 5.82 Å². The van der Waals surface area contributed by atoms with Gasteiger partial charge in [0, 0.05) is 18.7 Å². The summed E-state index contributed by atoms with van der Waals surface area (Å²) in [6, 6.07) is 25.0. The van der Waals surface area contributed by atoms with Crippen LogP contribution in [0.15, 0.2) is 84.9 Å². The van der Waals surface area contributed by atoms with Crippen LogP contribution in [0.1, 0.15) is 24.0 Å². The number of nitrogen functional groups attached to an aromatic ring is 1. The number of benzene rings is 3. The number of hydrogen-bond donors (Lipinski definition) is 1. The summed E-state index contributed by atoms with van der Waals surface area (Å²) in [6.07, 6.45) is -1.32. The van der Waals surface area contributed by atoms with E-state index in [1.165, 1.54) is 22.4 Å². The topological polar surface area (TPSA) is 72.9 Å². The predicted octanol–water partition coefficient (Wildman–Crippen LogP) is 6.54. The Kier molecular flexibility index (Phi) is 6.42. The first-order valence-corrected chi connectivity index (χ1v) is 12.9. The van der Waals surface area contributed by atoms with E-state index in [4.69, 9.17) is 15.7 Å². The molecule has 0 spiro atoms. The van der Waals surface area contributed by atoms with Gasteiger partial charge >= 0.3 is 6.18 Å². The van der Waals surface area contributed by atoms with E-state index in [0.29, 0.717) is 34.3 Å². The van der Waals surface area contributed by atoms with Crippen LogP contribution in [0.2, 0.25) is 0 Å². The molecule has 6 rings (SSSR count). The first-order chi connectivity index (χ1) is 18.9. The molecule has 198 valence electrons. The van der Waals surface area contributed by atoms with Gasteiger partial charge in [-0.1, -0.05) is 60.7 Å². The van der Waals surface area contributed by atoms with Crippen LogP contribution in [0, 0.1) is 5.92 Å². The summed E-state index contributed by atoms with van der Waals surface area (Å²) < 4.78 is 40.7. The summed E-state index contributed by atoms with van der Waals surface area (Å²) >= 11 is 0. The minimum atomic E-state index is -4.42. The monoisotopic (exact) mass is 528 g/mol. The number of halogens is 3. The zero-order valence-corrected chi connectivity index (χ0v) is 21.1. The fourth-order valence-electron chi connectivity index (χ4n) is 5.22. The number of aromatic nitrogens is 4. The van der Waals surface area contributed by atoms with Crippen molar-refractivity contribution in [1.29, 1.82) is 0 Å². The van der Waals surface area contributed by atoms with Gasteiger partial charge in [-0.25, -0.2) is 9.67 Å². The smallest absolute Gasteiger partial charge is 0.383 e. The van der Waals surface area contributed by atoms with Crippen LogP contribution in [0.3, 0.4) is 0 Å². The molecule has 2 aromatic heterocycles. The van der Waals surface area contributed by atoms with Crippen LogP contribution in [0.5, 0.6) is 0 Å². The van der Waals surface area contributed by atoms with Crippen LogP contribution < -0.4 is 10.6 Å². The van der Waals surface area contributed by atoms with Gasteiger partial charge in [-0.15, -0.1) is 5.10 Å². The molecule has 0 bridgehead atoms. The number of hydrogen-bond acceptors (Lipinski definition) is 5. The van der Waals surface area contributed by atoms with Gasteiger partial charge in [0.2, 0.25) is 5.95 Å². The van der Waals surface area contributed by atoms with Crippen LogP contribution >= 0.6 is 0 Å². The molecule has 5 aromatic rings. The van der Waals surface area contributed by atoms with E-state index in [-0.39, 0.29) is 5.82 Å². The summed E-state index contributed by atoms with van der Waals surface area (Å²) in [4.78, 5) is 11.9. The Labute approximate surface area is 223 Å². The van der Waals surface area contributed by atoms with E-state index in [9.17, 15) is 13.2 Å². The standard InChI is InChI=1S/C30H27F3N6/c31-30(32,33)23-11-13-24(14-12-23)39-27(34)25-26(22-9-5-2-6-10-22)35-29(36-28(25)37-39)38-17-15-21(16-18-38)19-20-7-3-1-4-8-20/h1-14,21H,15-19,34H2. The lowest BCUT2D eigenvalue weighted by molar-refractivity contribution is -0.137. The Hall–Kier alpha value is -4.40. The van der Waals surface area contributed by atoms with Crippen molar-refractivity contribution in [3.05, 3.63) is 96.1 Å². The van der Waals surface area contributed by atoms with Gasteiger partial charge in [-0.05, 0) is 55.0 Å². The summed E-state index contributed by atoms with van der Waals surface area (Å²) in [5, 5.41) is 5.19. The number of alkyl halides is 3. The quantitative estimate of drug-likeness (QED) is 0.280. The average Bonchev–Trinajstić information content (AvgIpc) is 3.30. The van der Waals surface area contributed by atoms with Crippen molar-refractivity contribution in [2.75, 3.05) is 23.7 Å². The molecule has 3 aromatic carbocycles. The van der Waals surface area contributed by atoms with Gasteiger partial charge < -0.3 is 10.6 Å². The van der Waals surface area contributed by atoms with Crippen molar-refractivity contribution in [2.24, 2.45) is 5.92 Å². The molecule has 6 nitrogen and oxygen atoms in total. The van der Waals surface area contributed by atoms with E-state index in [1.807, 2.05) is 36.4 Å². The molecular weight excluding hydrogens is 501 g/mol. The summed E-state index contributed by atoms with van der Waals surface area (Å²) in [7, 11) is 0. The van der Waals surface area contributed by atoms with Gasteiger partial charge in [0.15, 0.2) is 5.65 Å². The normalized spacial score (nSPS) is 14.7. The highest BCUT2D eigenvalue weighted by atomic mass is 19.4. The molecule has 9 heteroatoms. The SMILES string of the molecule is Nc1c2c(-c3ccccc3)nc(N3CCC(Cc4ccccc4)CC3)nc2nn1-c1ccc(C(F)(F)F)cc1. The second kappa shape index (κ2) is 10.1. The van der Waals surface area contributed by atoms with Crippen molar-refractivity contribution < 1.29 is 13.2 Å². The third-order valence-electron chi connectivity index (χ3n) is 7.31. The molecule has 2 N–H and O–H groups in total. The molecule has 0 unspecified atom stereocenters. The predicted molar refractivity (Wildman–Crippen MR) is 147 cm³/mol. The van der Waals surface area contributed by atoms with Crippen molar-refractivity contribution in [1.82, 2.24) is 19.7 Å². The lowest BCUT2D eigenvalue weighted by Gasteiger charge is -2.32. The molecule has 0 radical (unpaired) electrons. The number of nitrogens with two attached hydrogens (primary N) is 1. The van der Waals surface area contributed by atoms with Gasteiger partial charge in [0.05, 0.1) is 22.3 Å². The maximum Gasteiger partial charge on any atom is 0.416 e. The molecule has 1 aliphatic heterocycles. The first-order valence-electron chi connectivity index (χ1n) is 12.9. The average molecular weight is 529 g/mol. The Bertz CT molecular complexity index is 1570. The van der Waals surface area contributed by atoms with Crippen LogP contribution in [0.25, 0.3) is 28.0 Å². The van der Waals surface area contributed by atoms with Gasteiger partial charge in [-0.2, -0.15) is 18.2 Å². The number of nitrogens with zero attached hydrogens (tertiary/aromatic N) is 5. The summed E-state index contributed by atoms with van der Waals surface area (Å²) in [5.41, 5.74) is 9.49. The molecule has 3 heterocycles. The van der Waals surface area contributed by atoms with E-state index in [1.54, 1.807) is 0 Å². The van der Waals surface area contributed by atoms with Crippen molar-refractivity contribution >= 4 is 22.8 Å². The zero-order valence-electron chi connectivity index (χ0n) is 21.1. The Morgan fingerprint density at radius 2 is 1.46 bits per heavy atom. The molecule has 1 saturated heterocycles. The highest BCUT2D eigenvalue weighted by molar-refractivity contribution is 5.99. The Balaban J connectivity index is 1.35. The third kappa shape index (κ3) is 5.04. The minimum absolute atomic E-state index is 0.275. The van der Waals surface area contributed by atoms with E-state index < -0.39 is 11.7 Å². The molecule has 39 heavy (non-hydrogen) atoms. The Morgan fingerprint density at radius 3 is 2.10 bits per heavy atom. The summed E-state index contributed by atoms with van der Waals surface area (Å²) in [5.74, 6) is 1.45. The lowest BCUT2D eigenvalue weighted by atomic mass is 9.90. The molecule has 0 atom stereocenters.